The first-order valence-corrected chi connectivity index (χ1v) is 8.48. The highest BCUT2D eigenvalue weighted by atomic mass is 79.9. The van der Waals surface area contributed by atoms with Crippen molar-refractivity contribution in [2.45, 2.75) is 5.75 Å². The number of nitrogen functional groups attached to an aromatic ring is 1. The molecular formula is C13H12BrClN2O2S. The zero-order valence-electron chi connectivity index (χ0n) is 10.3. The number of sulfonamides is 1. The lowest BCUT2D eigenvalue weighted by atomic mass is 10.2. The number of anilines is 2. The monoisotopic (exact) mass is 374 g/mol. The Kier molecular flexibility index (Phi) is 4.57. The molecule has 0 fully saturated rings. The van der Waals surface area contributed by atoms with E-state index >= 15 is 0 Å². The molecule has 3 N–H and O–H groups in total. The van der Waals surface area contributed by atoms with Gasteiger partial charge in [-0.2, -0.15) is 0 Å². The van der Waals surface area contributed by atoms with Crippen molar-refractivity contribution in [1.29, 1.82) is 0 Å². The molecule has 0 radical (unpaired) electrons. The second-order valence-electron chi connectivity index (χ2n) is 4.23. The van der Waals surface area contributed by atoms with Gasteiger partial charge < -0.3 is 5.73 Å². The number of rotatable bonds is 4. The number of nitrogens with two attached hydrogens (primary N) is 1. The third-order valence-corrected chi connectivity index (χ3v) is 5.00. The van der Waals surface area contributed by atoms with E-state index < -0.39 is 10.0 Å². The summed E-state index contributed by atoms with van der Waals surface area (Å²) in [5.41, 5.74) is 7.28. The molecule has 7 heteroatoms. The number of nitrogens with one attached hydrogen (secondary N) is 1. The SMILES string of the molecule is Nc1ccc(CS(=O)(=O)Nc2ccc(Cl)c(Br)c2)cc1. The standard InChI is InChI=1S/C13H12BrClN2O2S/c14-12-7-11(5-6-13(12)15)17-20(18,19)8-9-1-3-10(16)4-2-9/h1-7,17H,8,16H2. The molecule has 0 spiro atoms. The number of hydrogen-bond donors (Lipinski definition) is 2. The fourth-order valence-corrected chi connectivity index (χ4v) is 3.29. The van der Waals surface area contributed by atoms with Gasteiger partial charge in [-0.05, 0) is 51.8 Å². The van der Waals surface area contributed by atoms with Crippen LogP contribution in [0.2, 0.25) is 5.02 Å². The van der Waals surface area contributed by atoms with Crippen molar-refractivity contribution < 1.29 is 8.42 Å². The van der Waals surface area contributed by atoms with E-state index in [2.05, 4.69) is 20.7 Å². The topological polar surface area (TPSA) is 72.2 Å². The van der Waals surface area contributed by atoms with Gasteiger partial charge in [-0.25, -0.2) is 8.42 Å². The Morgan fingerprint density at radius 1 is 1.15 bits per heavy atom. The molecule has 2 rings (SSSR count). The smallest absolute Gasteiger partial charge is 0.236 e. The van der Waals surface area contributed by atoms with Gasteiger partial charge in [0.1, 0.15) is 0 Å². The summed E-state index contributed by atoms with van der Waals surface area (Å²) in [4.78, 5) is 0. The Morgan fingerprint density at radius 3 is 2.40 bits per heavy atom. The van der Waals surface area contributed by atoms with Crippen LogP contribution in [0.3, 0.4) is 0 Å². The molecular weight excluding hydrogens is 364 g/mol. The van der Waals surface area contributed by atoms with E-state index in [1.165, 1.54) is 0 Å². The maximum atomic E-state index is 12.1. The molecule has 0 amide bonds. The third-order valence-electron chi connectivity index (χ3n) is 2.53. The summed E-state index contributed by atoms with van der Waals surface area (Å²) < 4.78 is 27.3. The van der Waals surface area contributed by atoms with Crippen LogP contribution >= 0.6 is 27.5 Å². The fourth-order valence-electron chi connectivity index (χ4n) is 1.61. The predicted molar refractivity (Wildman–Crippen MR) is 86.3 cm³/mol. The average molecular weight is 376 g/mol. The minimum atomic E-state index is -3.48. The minimum Gasteiger partial charge on any atom is -0.399 e. The molecule has 20 heavy (non-hydrogen) atoms. The number of hydrogen-bond acceptors (Lipinski definition) is 3. The van der Waals surface area contributed by atoms with Crippen LogP contribution in [0.15, 0.2) is 46.9 Å². The van der Waals surface area contributed by atoms with Crippen LogP contribution in [0, 0.1) is 0 Å². The highest BCUT2D eigenvalue weighted by molar-refractivity contribution is 9.10. The summed E-state index contributed by atoms with van der Waals surface area (Å²) in [6, 6.07) is 11.6. The van der Waals surface area contributed by atoms with Crippen LogP contribution in [0.25, 0.3) is 0 Å². The molecule has 0 saturated heterocycles. The third kappa shape index (κ3) is 4.13. The predicted octanol–water partition coefficient (Wildman–Crippen LogP) is 3.63. The lowest BCUT2D eigenvalue weighted by Crippen LogP contribution is -2.15. The van der Waals surface area contributed by atoms with Crippen molar-refractivity contribution in [2.75, 3.05) is 10.5 Å². The Hall–Kier alpha value is -1.24. The first-order valence-electron chi connectivity index (χ1n) is 5.66. The van der Waals surface area contributed by atoms with Crippen molar-refractivity contribution in [1.82, 2.24) is 0 Å². The zero-order chi connectivity index (χ0) is 14.8. The van der Waals surface area contributed by atoms with Crippen molar-refractivity contribution in [3.8, 4) is 0 Å². The molecule has 0 aliphatic carbocycles. The van der Waals surface area contributed by atoms with Crippen molar-refractivity contribution in [2.24, 2.45) is 0 Å². The van der Waals surface area contributed by atoms with Gasteiger partial charge in [0.05, 0.1) is 10.8 Å². The highest BCUT2D eigenvalue weighted by Gasteiger charge is 2.12. The summed E-state index contributed by atoms with van der Waals surface area (Å²) in [5.74, 6) is -0.118. The van der Waals surface area contributed by atoms with Crippen LogP contribution in [-0.2, 0) is 15.8 Å². The molecule has 106 valence electrons. The maximum Gasteiger partial charge on any atom is 0.236 e. The van der Waals surface area contributed by atoms with Crippen LogP contribution in [0.1, 0.15) is 5.56 Å². The van der Waals surface area contributed by atoms with Gasteiger partial charge in [0.2, 0.25) is 10.0 Å². The van der Waals surface area contributed by atoms with E-state index in [4.69, 9.17) is 17.3 Å². The molecule has 4 nitrogen and oxygen atoms in total. The van der Waals surface area contributed by atoms with Crippen molar-refractivity contribution in [3.63, 3.8) is 0 Å². The molecule has 0 heterocycles. The summed E-state index contributed by atoms with van der Waals surface area (Å²) in [7, 11) is -3.48. The quantitative estimate of drug-likeness (QED) is 0.802. The number of halogens is 2. The van der Waals surface area contributed by atoms with Crippen molar-refractivity contribution in [3.05, 3.63) is 57.5 Å². The van der Waals surface area contributed by atoms with Gasteiger partial charge in [0.15, 0.2) is 0 Å². The summed E-state index contributed by atoms with van der Waals surface area (Å²) in [6.45, 7) is 0. The Labute approximate surface area is 131 Å². The van der Waals surface area contributed by atoms with E-state index in [1.807, 2.05) is 0 Å². The van der Waals surface area contributed by atoms with Gasteiger partial charge in [-0.3, -0.25) is 4.72 Å². The van der Waals surface area contributed by atoms with Crippen LogP contribution in [0.5, 0.6) is 0 Å². The van der Waals surface area contributed by atoms with Gasteiger partial charge >= 0.3 is 0 Å². The highest BCUT2D eigenvalue weighted by Crippen LogP contribution is 2.26. The van der Waals surface area contributed by atoms with Crippen molar-refractivity contribution >= 4 is 48.9 Å². The van der Waals surface area contributed by atoms with E-state index in [0.29, 0.717) is 26.4 Å². The largest absolute Gasteiger partial charge is 0.399 e. The minimum absolute atomic E-state index is 0.118. The van der Waals surface area contributed by atoms with E-state index in [9.17, 15) is 8.42 Å². The maximum absolute atomic E-state index is 12.1. The van der Waals surface area contributed by atoms with E-state index in [0.717, 1.165) is 0 Å². The summed E-state index contributed by atoms with van der Waals surface area (Å²) >= 11 is 9.11. The van der Waals surface area contributed by atoms with Gasteiger partial charge in [-0.15, -0.1) is 0 Å². The zero-order valence-corrected chi connectivity index (χ0v) is 13.5. The fraction of sp³-hybridized carbons (Fsp3) is 0.0769. The first kappa shape index (κ1) is 15.2. The van der Waals surface area contributed by atoms with Gasteiger partial charge in [0, 0.05) is 15.8 Å². The van der Waals surface area contributed by atoms with Crippen LogP contribution in [-0.4, -0.2) is 8.42 Å². The molecule has 0 bridgehead atoms. The summed E-state index contributed by atoms with van der Waals surface area (Å²) in [6.07, 6.45) is 0. The normalized spacial score (nSPS) is 11.3. The van der Waals surface area contributed by atoms with Crippen LogP contribution in [0.4, 0.5) is 11.4 Å². The van der Waals surface area contributed by atoms with Gasteiger partial charge in [-0.1, -0.05) is 23.7 Å². The lowest BCUT2D eigenvalue weighted by molar-refractivity contribution is 0.600. The van der Waals surface area contributed by atoms with Crippen LogP contribution < -0.4 is 10.5 Å². The molecule has 2 aromatic rings. The molecule has 2 aromatic carbocycles. The average Bonchev–Trinajstić information content (AvgIpc) is 2.36. The Morgan fingerprint density at radius 2 is 1.80 bits per heavy atom. The molecule has 0 unspecified atom stereocenters. The lowest BCUT2D eigenvalue weighted by Gasteiger charge is -2.09. The Balaban J connectivity index is 2.14. The molecule has 0 aliphatic rings. The second-order valence-corrected chi connectivity index (χ2v) is 7.22. The van der Waals surface area contributed by atoms with E-state index in [1.54, 1.807) is 42.5 Å². The van der Waals surface area contributed by atoms with E-state index in [-0.39, 0.29) is 5.75 Å². The molecule has 0 aliphatic heterocycles. The van der Waals surface area contributed by atoms with Gasteiger partial charge in [0.25, 0.3) is 0 Å². The Bertz CT molecular complexity index is 718. The molecule has 0 atom stereocenters. The first-order chi connectivity index (χ1) is 9.35. The summed E-state index contributed by atoms with van der Waals surface area (Å²) in [5, 5.41) is 0.520. The molecule has 0 saturated carbocycles. The molecule has 0 aromatic heterocycles. The second kappa shape index (κ2) is 6.03. The number of benzene rings is 2.